The molecule has 0 atom stereocenters. The third kappa shape index (κ3) is 5.14. The van der Waals surface area contributed by atoms with E-state index >= 15 is 0 Å². The fourth-order valence-electron chi connectivity index (χ4n) is 3.00. The van der Waals surface area contributed by atoms with E-state index in [0.717, 1.165) is 41.6 Å². The van der Waals surface area contributed by atoms with Crippen molar-refractivity contribution in [1.82, 2.24) is 4.98 Å². The molecule has 3 rings (SSSR count). The number of primary amides is 2. The zero-order chi connectivity index (χ0) is 23.3. The second-order valence-electron chi connectivity index (χ2n) is 6.96. The van der Waals surface area contributed by atoms with E-state index in [1.165, 1.54) is 24.3 Å². The number of nitrogens with two attached hydrogens (primary N) is 2. The molecule has 0 spiro atoms. The number of carbonyl (C=O) groups is 2. The van der Waals surface area contributed by atoms with Crippen LogP contribution < -0.4 is 21.1 Å². The van der Waals surface area contributed by atoms with E-state index in [2.05, 4.69) is 11.9 Å². The molecule has 0 aliphatic rings. The van der Waals surface area contributed by atoms with Crippen molar-refractivity contribution in [2.75, 3.05) is 11.5 Å². The van der Waals surface area contributed by atoms with Gasteiger partial charge in [0.25, 0.3) is 5.91 Å². The molecule has 2 aromatic carbocycles. The van der Waals surface area contributed by atoms with Crippen LogP contribution in [0.4, 0.5) is 20.0 Å². The highest BCUT2D eigenvalue weighted by molar-refractivity contribution is 7.14. The molecule has 0 bridgehead atoms. The highest BCUT2D eigenvalue weighted by Gasteiger charge is 2.21. The average molecular weight is 459 g/mol. The molecule has 8 nitrogen and oxygen atoms in total. The molecule has 3 aromatic rings. The molecule has 0 saturated carbocycles. The number of hydrogen-bond acceptors (Lipinski definition) is 6. The van der Waals surface area contributed by atoms with Crippen molar-refractivity contribution in [1.29, 1.82) is 0 Å². The Bertz CT molecular complexity index is 1130. The lowest BCUT2D eigenvalue weighted by Gasteiger charge is -2.18. The minimum absolute atomic E-state index is 0.0552. The van der Waals surface area contributed by atoms with Gasteiger partial charge in [-0.25, -0.2) is 19.1 Å². The first kappa shape index (κ1) is 23.0. The maximum absolute atomic E-state index is 14.5. The van der Waals surface area contributed by atoms with E-state index < -0.39 is 17.8 Å². The minimum atomic E-state index is -0.842. The zero-order valence-electron chi connectivity index (χ0n) is 17.4. The summed E-state index contributed by atoms with van der Waals surface area (Å²) in [5.74, 6) is -1.56. The summed E-state index contributed by atoms with van der Waals surface area (Å²) in [5.41, 5.74) is 11.9. The van der Waals surface area contributed by atoms with Gasteiger partial charge in [0, 0.05) is 17.0 Å². The quantitative estimate of drug-likeness (QED) is 0.405. The second kappa shape index (κ2) is 10.1. The van der Waals surface area contributed by atoms with E-state index in [4.69, 9.17) is 16.2 Å². The molecule has 168 valence electrons. The van der Waals surface area contributed by atoms with Gasteiger partial charge in [-0.15, -0.1) is 11.3 Å². The van der Waals surface area contributed by atoms with Gasteiger partial charge in [-0.05, 0) is 36.8 Å². The molecule has 5 N–H and O–H groups in total. The number of anilines is 2. The van der Waals surface area contributed by atoms with Gasteiger partial charge in [-0.2, -0.15) is 0 Å². The number of carbonyl (C=O) groups excluding carboxylic acids is 2. The lowest BCUT2D eigenvalue weighted by Crippen LogP contribution is -2.31. The largest absolute Gasteiger partial charge is 0.507 e. The third-order valence-electron chi connectivity index (χ3n) is 4.64. The molecule has 0 aliphatic carbocycles. The van der Waals surface area contributed by atoms with Crippen molar-refractivity contribution in [2.45, 2.75) is 26.2 Å². The Morgan fingerprint density at radius 3 is 2.62 bits per heavy atom. The number of aromatic nitrogens is 1. The van der Waals surface area contributed by atoms with Gasteiger partial charge in [-0.3, -0.25) is 4.79 Å². The Morgan fingerprint density at radius 2 is 1.97 bits per heavy atom. The van der Waals surface area contributed by atoms with Gasteiger partial charge in [0.2, 0.25) is 0 Å². The first-order chi connectivity index (χ1) is 15.3. The number of benzene rings is 2. The van der Waals surface area contributed by atoms with Gasteiger partial charge in [0.15, 0.2) is 16.7 Å². The Morgan fingerprint density at radius 1 is 1.19 bits per heavy atom. The van der Waals surface area contributed by atoms with Crippen molar-refractivity contribution in [3.63, 3.8) is 0 Å². The minimum Gasteiger partial charge on any atom is -0.507 e. The molecule has 3 amide bonds. The van der Waals surface area contributed by atoms with Gasteiger partial charge in [0.05, 0.1) is 23.6 Å². The highest BCUT2D eigenvalue weighted by Crippen LogP contribution is 2.35. The molecule has 0 unspecified atom stereocenters. The number of thiazole rings is 1. The highest BCUT2D eigenvalue weighted by atomic mass is 32.1. The maximum Gasteiger partial charge on any atom is 0.325 e. The molecule has 10 heteroatoms. The smallest absolute Gasteiger partial charge is 0.325 e. The number of halogens is 1. The molecular formula is C22H23FN4O4S. The topological polar surface area (TPSA) is 132 Å². The molecule has 0 aliphatic heterocycles. The van der Waals surface area contributed by atoms with Gasteiger partial charge >= 0.3 is 6.03 Å². The molecule has 32 heavy (non-hydrogen) atoms. The van der Waals surface area contributed by atoms with Crippen LogP contribution in [-0.4, -0.2) is 28.6 Å². The third-order valence-corrected chi connectivity index (χ3v) is 5.47. The second-order valence-corrected chi connectivity index (χ2v) is 7.79. The van der Waals surface area contributed by atoms with Crippen molar-refractivity contribution < 1.29 is 23.8 Å². The molecule has 0 fully saturated rings. The van der Waals surface area contributed by atoms with Crippen LogP contribution in [0.3, 0.4) is 0 Å². The normalized spacial score (nSPS) is 10.7. The number of phenols is 1. The summed E-state index contributed by atoms with van der Waals surface area (Å²) in [6.07, 6.45) is 2.84. The average Bonchev–Trinajstić information content (AvgIpc) is 3.22. The molecule has 0 radical (unpaired) electrons. The van der Waals surface area contributed by atoms with Crippen LogP contribution >= 0.6 is 11.3 Å². The van der Waals surface area contributed by atoms with E-state index in [1.54, 1.807) is 11.4 Å². The predicted octanol–water partition coefficient (Wildman–Crippen LogP) is 4.54. The number of rotatable bonds is 9. The first-order valence-corrected chi connectivity index (χ1v) is 10.8. The van der Waals surface area contributed by atoms with E-state index in [1.807, 2.05) is 0 Å². The maximum atomic E-state index is 14.5. The Balaban J connectivity index is 1.87. The molecule has 1 aromatic heterocycles. The SMILES string of the molecule is CCCCCOc1ccc(N(C(N)=O)c2nc(-c3ccc(O)c(C(N)=O)c3)cs2)cc1F. The Labute approximate surface area is 188 Å². The van der Waals surface area contributed by atoms with Crippen molar-refractivity contribution >= 4 is 34.1 Å². The number of unbranched alkanes of at least 4 members (excludes halogenated alkanes) is 2. The zero-order valence-corrected chi connectivity index (χ0v) is 18.2. The van der Waals surface area contributed by atoms with Crippen molar-refractivity contribution in [3.8, 4) is 22.8 Å². The molecular weight excluding hydrogens is 435 g/mol. The van der Waals surface area contributed by atoms with Crippen molar-refractivity contribution in [2.24, 2.45) is 11.5 Å². The lowest BCUT2D eigenvalue weighted by molar-refractivity contribution is 0.0997. The van der Waals surface area contributed by atoms with Gasteiger partial charge < -0.3 is 21.3 Å². The summed E-state index contributed by atoms with van der Waals surface area (Å²) >= 11 is 1.11. The van der Waals surface area contributed by atoms with E-state index in [0.29, 0.717) is 17.9 Å². The number of amides is 3. The Kier molecular flexibility index (Phi) is 7.26. The van der Waals surface area contributed by atoms with Gasteiger partial charge in [0.1, 0.15) is 5.75 Å². The number of ether oxygens (including phenoxy) is 1. The summed E-state index contributed by atoms with van der Waals surface area (Å²) in [5, 5.41) is 11.6. The fraction of sp³-hybridized carbons (Fsp3) is 0.227. The summed E-state index contributed by atoms with van der Waals surface area (Å²) in [6.45, 7) is 2.47. The Hall–Kier alpha value is -3.66. The number of urea groups is 1. The van der Waals surface area contributed by atoms with Crippen LogP contribution in [0.1, 0.15) is 36.5 Å². The molecule has 0 saturated heterocycles. The lowest BCUT2D eigenvalue weighted by atomic mass is 10.1. The van der Waals surface area contributed by atoms with Crippen LogP contribution in [0.15, 0.2) is 41.8 Å². The summed E-state index contributed by atoms with van der Waals surface area (Å²) in [4.78, 5) is 29.1. The molecule has 1 heterocycles. The van der Waals surface area contributed by atoms with Crippen LogP contribution in [0.25, 0.3) is 11.3 Å². The summed E-state index contributed by atoms with van der Waals surface area (Å²) < 4.78 is 20.0. The standard InChI is InChI=1S/C22H23FN4O4S/c1-2-3-4-9-31-19-8-6-14(11-16(19)23)27(21(25)30)22-26-17(12-32-22)13-5-7-18(28)15(10-13)20(24)29/h5-8,10-12,28H,2-4,9H2,1H3,(H2,24,29)(H2,25,30). The summed E-state index contributed by atoms with van der Waals surface area (Å²) in [7, 11) is 0. The van der Waals surface area contributed by atoms with Gasteiger partial charge in [-0.1, -0.05) is 19.8 Å². The van der Waals surface area contributed by atoms with E-state index in [-0.39, 0.29) is 27.9 Å². The van der Waals surface area contributed by atoms with Crippen LogP contribution in [0.5, 0.6) is 11.5 Å². The monoisotopic (exact) mass is 458 g/mol. The first-order valence-electron chi connectivity index (χ1n) is 9.92. The van der Waals surface area contributed by atoms with Crippen LogP contribution in [0, 0.1) is 5.82 Å². The number of aromatic hydroxyl groups is 1. The summed E-state index contributed by atoms with van der Waals surface area (Å²) in [6, 6.07) is 7.57. The number of hydrogen-bond donors (Lipinski definition) is 3. The number of nitrogens with zero attached hydrogens (tertiary/aromatic N) is 2. The van der Waals surface area contributed by atoms with Crippen LogP contribution in [-0.2, 0) is 0 Å². The van der Waals surface area contributed by atoms with Crippen molar-refractivity contribution in [3.05, 3.63) is 53.2 Å². The predicted molar refractivity (Wildman–Crippen MR) is 121 cm³/mol. The van der Waals surface area contributed by atoms with E-state index in [9.17, 15) is 19.1 Å². The fourth-order valence-corrected chi connectivity index (χ4v) is 3.86. The van der Waals surface area contributed by atoms with Crippen LogP contribution in [0.2, 0.25) is 0 Å².